The molecule has 3 rings (SSSR count). The van der Waals surface area contributed by atoms with Gasteiger partial charge in [0.2, 0.25) is 0 Å². The Morgan fingerprint density at radius 1 is 1.11 bits per heavy atom. The van der Waals surface area contributed by atoms with Gasteiger partial charge in [-0.05, 0) is 62.6 Å². The SMILES string of the molecule is COc1cc2c(cc1OC)CN(C(=O)c1ccnc(NC(C)(C)C)c1)CC2. The fourth-order valence-corrected chi connectivity index (χ4v) is 3.26. The smallest absolute Gasteiger partial charge is 0.254 e. The fraction of sp³-hybridized carbons (Fsp3) is 0.429. The second kappa shape index (κ2) is 7.47. The van der Waals surface area contributed by atoms with Gasteiger partial charge in [0.25, 0.3) is 5.91 Å². The van der Waals surface area contributed by atoms with E-state index in [-0.39, 0.29) is 11.4 Å². The number of ether oxygens (including phenoxy) is 2. The molecule has 0 saturated heterocycles. The van der Waals surface area contributed by atoms with E-state index in [2.05, 4.69) is 31.1 Å². The third kappa shape index (κ3) is 4.32. The van der Waals surface area contributed by atoms with Crippen LogP contribution in [0.4, 0.5) is 5.82 Å². The topological polar surface area (TPSA) is 63.7 Å². The standard InChI is InChI=1S/C21H27N3O3/c1-21(2,3)23-19-12-15(6-8-22-19)20(25)24-9-7-14-10-17(26-4)18(27-5)11-16(14)13-24/h6,8,10-12H,7,9,13H2,1-5H3,(H,22,23). The van der Waals surface area contributed by atoms with Gasteiger partial charge in [-0.1, -0.05) is 0 Å². The number of carbonyl (C=O) groups excluding carboxylic acids is 1. The molecule has 1 aromatic heterocycles. The highest BCUT2D eigenvalue weighted by molar-refractivity contribution is 5.95. The van der Waals surface area contributed by atoms with Crippen molar-refractivity contribution in [2.75, 3.05) is 26.1 Å². The predicted octanol–water partition coefficient (Wildman–Crippen LogP) is 3.51. The van der Waals surface area contributed by atoms with E-state index in [1.54, 1.807) is 26.5 Å². The number of methoxy groups -OCH3 is 2. The molecule has 1 amide bonds. The maximum Gasteiger partial charge on any atom is 0.254 e. The summed E-state index contributed by atoms with van der Waals surface area (Å²) in [4.78, 5) is 19.2. The van der Waals surface area contributed by atoms with Crippen molar-refractivity contribution in [3.63, 3.8) is 0 Å². The third-order valence-corrected chi connectivity index (χ3v) is 4.52. The lowest BCUT2D eigenvalue weighted by molar-refractivity contribution is 0.0734. The lowest BCUT2D eigenvalue weighted by Gasteiger charge is -2.30. The zero-order chi connectivity index (χ0) is 19.6. The average Bonchev–Trinajstić information content (AvgIpc) is 2.64. The van der Waals surface area contributed by atoms with Crippen LogP contribution in [0.3, 0.4) is 0 Å². The number of aromatic nitrogens is 1. The fourth-order valence-electron chi connectivity index (χ4n) is 3.26. The first-order valence-corrected chi connectivity index (χ1v) is 9.08. The van der Waals surface area contributed by atoms with Crippen LogP contribution in [0.1, 0.15) is 42.3 Å². The minimum atomic E-state index is -0.117. The van der Waals surface area contributed by atoms with E-state index >= 15 is 0 Å². The van der Waals surface area contributed by atoms with Gasteiger partial charge in [-0.2, -0.15) is 0 Å². The molecular formula is C21H27N3O3. The van der Waals surface area contributed by atoms with E-state index in [9.17, 15) is 4.79 Å². The molecule has 6 nitrogen and oxygen atoms in total. The van der Waals surface area contributed by atoms with Crippen LogP contribution in [0.2, 0.25) is 0 Å². The van der Waals surface area contributed by atoms with Crippen molar-refractivity contribution in [3.05, 3.63) is 47.2 Å². The molecule has 0 aliphatic carbocycles. The van der Waals surface area contributed by atoms with Crippen molar-refractivity contribution in [3.8, 4) is 11.5 Å². The van der Waals surface area contributed by atoms with Crippen molar-refractivity contribution in [1.82, 2.24) is 9.88 Å². The van der Waals surface area contributed by atoms with Gasteiger partial charge in [0.05, 0.1) is 14.2 Å². The highest BCUT2D eigenvalue weighted by Crippen LogP contribution is 2.33. The van der Waals surface area contributed by atoms with Crippen LogP contribution >= 0.6 is 0 Å². The van der Waals surface area contributed by atoms with Gasteiger partial charge in [-0.3, -0.25) is 4.79 Å². The summed E-state index contributed by atoms with van der Waals surface area (Å²) < 4.78 is 10.8. The van der Waals surface area contributed by atoms with E-state index in [0.29, 0.717) is 30.2 Å². The van der Waals surface area contributed by atoms with Gasteiger partial charge in [-0.15, -0.1) is 0 Å². The molecule has 0 atom stereocenters. The lowest BCUT2D eigenvalue weighted by atomic mass is 9.98. The van der Waals surface area contributed by atoms with Crippen LogP contribution in [-0.2, 0) is 13.0 Å². The van der Waals surface area contributed by atoms with Crippen molar-refractivity contribution >= 4 is 11.7 Å². The van der Waals surface area contributed by atoms with E-state index in [1.807, 2.05) is 23.1 Å². The molecule has 2 aromatic rings. The number of pyridine rings is 1. The van der Waals surface area contributed by atoms with E-state index in [4.69, 9.17) is 9.47 Å². The number of anilines is 1. The molecule has 1 aliphatic rings. The van der Waals surface area contributed by atoms with Gasteiger partial charge in [0.15, 0.2) is 11.5 Å². The number of fused-ring (bicyclic) bond motifs is 1. The first kappa shape index (κ1) is 19.0. The summed E-state index contributed by atoms with van der Waals surface area (Å²) in [5.74, 6) is 2.13. The second-order valence-electron chi connectivity index (χ2n) is 7.76. The Morgan fingerprint density at radius 3 is 2.41 bits per heavy atom. The van der Waals surface area contributed by atoms with Gasteiger partial charge < -0.3 is 19.7 Å². The third-order valence-electron chi connectivity index (χ3n) is 4.52. The Morgan fingerprint density at radius 2 is 1.78 bits per heavy atom. The van der Waals surface area contributed by atoms with Crippen molar-refractivity contribution in [2.45, 2.75) is 39.3 Å². The molecule has 2 heterocycles. The number of hydrogen-bond acceptors (Lipinski definition) is 5. The summed E-state index contributed by atoms with van der Waals surface area (Å²) in [5, 5.41) is 3.31. The summed E-state index contributed by atoms with van der Waals surface area (Å²) in [6.07, 6.45) is 2.46. The molecule has 1 aliphatic heterocycles. The van der Waals surface area contributed by atoms with Gasteiger partial charge in [-0.25, -0.2) is 4.98 Å². The summed E-state index contributed by atoms with van der Waals surface area (Å²) in [7, 11) is 3.26. The Labute approximate surface area is 160 Å². The summed E-state index contributed by atoms with van der Waals surface area (Å²) in [6.45, 7) is 7.41. The molecule has 1 N–H and O–H groups in total. The van der Waals surface area contributed by atoms with Gasteiger partial charge >= 0.3 is 0 Å². The number of carbonyl (C=O) groups is 1. The van der Waals surface area contributed by atoms with Crippen LogP contribution in [-0.4, -0.2) is 42.1 Å². The largest absolute Gasteiger partial charge is 0.493 e. The Bertz CT molecular complexity index is 843. The highest BCUT2D eigenvalue weighted by Gasteiger charge is 2.24. The number of nitrogens with zero attached hydrogens (tertiary/aromatic N) is 2. The van der Waals surface area contributed by atoms with Crippen molar-refractivity contribution < 1.29 is 14.3 Å². The van der Waals surface area contributed by atoms with E-state index in [1.165, 1.54) is 5.56 Å². The maximum atomic E-state index is 13.0. The van der Waals surface area contributed by atoms with Crippen LogP contribution in [0, 0.1) is 0 Å². The number of rotatable bonds is 4. The monoisotopic (exact) mass is 369 g/mol. The Balaban J connectivity index is 1.81. The molecule has 27 heavy (non-hydrogen) atoms. The number of benzene rings is 1. The molecule has 0 bridgehead atoms. The van der Waals surface area contributed by atoms with Crippen molar-refractivity contribution in [1.29, 1.82) is 0 Å². The zero-order valence-electron chi connectivity index (χ0n) is 16.6. The molecule has 0 saturated carbocycles. The summed E-state index contributed by atoms with van der Waals surface area (Å²) in [6, 6.07) is 7.55. The van der Waals surface area contributed by atoms with Crippen LogP contribution in [0.25, 0.3) is 0 Å². The van der Waals surface area contributed by atoms with E-state index in [0.717, 1.165) is 17.7 Å². The quantitative estimate of drug-likeness (QED) is 0.894. The van der Waals surface area contributed by atoms with E-state index < -0.39 is 0 Å². The molecule has 6 heteroatoms. The first-order chi connectivity index (χ1) is 12.8. The van der Waals surface area contributed by atoms with Crippen LogP contribution in [0.15, 0.2) is 30.5 Å². The normalized spacial score (nSPS) is 13.7. The lowest BCUT2D eigenvalue weighted by Crippen LogP contribution is -2.36. The van der Waals surface area contributed by atoms with Gasteiger partial charge in [0, 0.05) is 30.4 Å². The zero-order valence-corrected chi connectivity index (χ0v) is 16.6. The minimum Gasteiger partial charge on any atom is -0.493 e. The average molecular weight is 369 g/mol. The minimum absolute atomic E-state index is 0.00907. The summed E-state index contributed by atoms with van der Waals surface area (Å²) >= 11 is 0. The summed E-state index contributed by atoms with van der Waals surface area (Å²) in [5.41, 5.74) is 2.81. The molecule has 0 spiro atoms. The van der Waals surface area contributed by atoms with Gasteiger partial charge in [0.1, 0.15) is 5.82 Å². The van der Waals surface area contributed by atoms with Crippen LogP contribution in [0.5, 0.6) is 11.5 Å². The molecule has 1 aromatic carbocycles. The second-order valence-corrected chi connectivity index (χ2v) is 7.76. The van der Waals surface area contributed by atoms with Crippen molar-refractivity contribution in [2.24, 2.45) is 0 Å². The molecule has 0 fully saturated rings. The molecule has 0 unspecified atom stereocenters. The highest BCUT2D eigenvalue weighted by atomic mass is 16.5. The number of hydrogen-bond donors (Lipinski definition) is 1. The Hall–Kier alpha value is -2.76. The van der Waals surface area contributed by atoms with Crippen LogP contribution < -0.4 is 14.8 Å². The number of amides is 1. The molecule has 0 radical (unpaired) electrons. The maximum absolute atomic E-state index is 13.0. The molecular weight excluding hydrogens is 342 g/mol. The molecule has 144 valence electrons. The Kier molecular flexibility index (Phi) is 5.26. The number of nitrogens with one attached hydrogen (secondary N) is 1. The predicted molar refractivity (Wildman–Crippen MR) is 106 cm³/mol. The first-order valence-electron chi connectivity index (χ1n) is 9.08.